The summed E-state index contributed by atoms with van der Waals surface area (Å²) in [5.74, 6) is -0.560. The number of carbonyl (C=O) groups is 2. The lowest BCUT2D eigenvalue weighted by molar-refractivity contribution is -0.113. The second-order valence-electron chi connectivity index (χ2n) is 6.75. The Balaban J connectivity index is 1.62. The molecule has 1 aromatic heterocycles. The van der Waals surface area contributed by atoms with Gasteiger partial charge in [-0.1, -0.05) is 39.3 Å². The molecule has 2 aromatic carbocycles. The molecule has 0 aliphatic carbocycles. The molecule has 7 nitrogen and oxygen atoms in total. The van der Waals surface area contributed by atoms with E-state index in [1.54, 1.807) is 30.3 Å². The van der Waals surface area contributed by atoms with Crippen LogP contribution in [0.3, 0.4) is 0 Å². The third-order valence-corrected chi connectivity index (χ3v) is 6.15. The summed E-state index contributed by atoms with van der Waals surface area (Å²) in [6.07, 6.45) is 0. The number of thioether (sulfide) groups is 1. The molecule has 2 amide bonds. The summed E-state index contributed by atoms with van der Waals surface area (Å²) in [4.78, 5) is 24.7. The van der Waals surface area contributed by atoms with E-state index >= 15 is 0 Å². The highest BCUT2D eigenvalue weighted by Gasteiger charge is 2.20. The van der Waals surface area contributed by atoms with Gasteiger partial charge >= 0.3 is 0 Å². The minimum atomic E-state index is -0.526. The van der Waals surface area contributed by atoms with Crippen LogP contribution >= 0.6 is 39.3 Å². The molecule has 0 spiro atoms. The summed E-state index contributed by atoms with van der Waals surface area (Å²) >= 11 is 10.2. The van der Waals surface area contributed by atoms with Gasteiger partial charge in [-0.15, -0.1) is 10.2 Å². The fourth-order valence-corrected chi connectivity index (χ4v) is 4.15. The van der Waals surface area contributed by atoms with E-state index in [4.69, 9.17) is 11.6 Å². The minimum Gasteiger partial charge on any atom is -0.342 e. The van der Waals surface area contributed by atoms with Crippen LogP contribution in [0.1, 0.15) is 36.1 Å². The van der Waals surface area contributed by atoms with Gasteiger partial charge in [0.2, 0.25) is 5.91 Å². The molecular formula is C21H20BrClFN5O2S. The van der Waals surface area contributed by atoms with Crippen molar-refractivity contribution in [2.45, 2.75) is 31.6 Å². The summed E-state index contributed by atoms with van der Waals surface area (Å²) in [7, 11) is 0. The lowest BCUT2D eigenvalue weighted by atomic mass is 10.2. The molecule has 2 N–H and O–H groups in total. The average molecular weight is 541 g/mol. The van der Waals surface area contributed by atoms with Crippen LogP contribution in [0, 0.1) is 5.82 Å². The van der Waals surface area contributed by atoms with Gasteiger partial charge in [0.05, 0.1) is 17.5 Å². The Morgan fingerprint density at radius 1 is 1.22 bits per heavy atom. The number of nitrogens with one attached hydrogen (secondary N) is 2. The Labute approximate surface area is 202 Å². The molecule has 0 saturated carbocycles. The van der Waals surface area contributed by atoms with E-state index in [-0.39, 0.29) is 23.3 Å². The first kappa shape index (κ1) is 24.2. The smallest absolute Gasteiger partial charge is 0.251 e. The standard InChI is InChI=1S/C21H20BrClFN5O2S/c1-3-29-19(12(2)25-20(31)13-4-7-15(23)8-5-13)27-28-21(29)32-11-18(30)26-17-9-6-14(22)10-16(17)24/h4-10,12H,3,11H2,1-2H3,(H,25,31)(H,26,30)/t12-/m1/s1. The Kier molecular flexibility index (Phi) is 8.27. The number of hydrogen-bond donors (Lipinski definition) is 2. The highest BCUT2D eigenvalue weighted by atomic mass is 79.9. The molecule has 0 radical (unpaired) electrons. The van der Waals surface area contributed by atoms with Gasteiger partial charge in [0.1, 0.15) is 5.82 Å². The highest BCUT2D eigenvalue weighted by Crippen LogP contribution is 2.23. The van der Waals surface area contributed by atoms with E-state index in [2.05, 4.69) is 36.8 Å². The van der Waals surface area contributed by atoms with Crippen LogP contribution < -0.4 is 10.6 Å². The van der Waals surface area contributed by atoms with Gasteiger partial charge in [-0.05, 0) is 56.3 Å². The van der Waals surface area contributed by atoms with E-state index in [0.29, 0.717) is 32.6 Å². The van der Waals surface area contributed by atoms with Crippen molar-refractivity contribution < 1.29 is 14.0 Å². The van der Waals surface area contributed by atoms with E-state index < -0.39 is 11.9 Å². The molecule has 1 heterocycles. The Hall–Kier alpha value is -2.43. The monoisotopic (exact) mass is 539 g/mol. The van der Waals surface area contributed by atoms with E-state index in [9.17, 15) is 14.0 Å². The van der Waals surface area contributed by atoms with Gasteiger partial charge in [0, 0.05) is 21.6 Å². The van der Waals surface area contributed by atoms with E-state index in [1.165, 1.54) is 23.9 Å². The molecule has 1 atom stereocenters. The Morgan fingerprint density at radius 2 is 1.94 bits per heavy atom. The van der Waals surface area contributed by atoms with Crippen LogP contribution in [0.25, 0.3) is 0 Å². The maximum atomic E-state index is 13.9. The zero-order valence-electron chi connectivity index (χ0n) is 17.2. The van der Waals surface area contributed by atoms with Crippen LogP contribution in [0.15, 0.2) is 52.1 Å². The van der Waals surface area contributed by atoms with Gasteiger partial charge < -0.3 is 15.2 Å². The lowest BCUT2D eigenvalue weighted by Crippen LogP contribution is -2.28. The number of amides is 2. The molecule has 11 heteroatoms. The van der Waals surface area contributed by atoms with Crippen LogP contribution in [0.4, 0.5) is 10.1 Å². The molecule has 0 unspecified atom stereocenters. The minimum absolute atomic E-state index is 0.0269. The first-order chi connectivity index (χ1) is 15.3. The normalized spacial score (nSPS) is 11.8. The second kappa shape index (κ2) is 10.9. The van der Waals surface area contributed by atoms with Crippen molar-refractivity contribution in [1.29, 1.82) is 0 Å². The average Bonchev–Trinajstić information content (AvgIpc) is 3.17. The number of benzene rings is 2. The first-order valence-electron chi connectivity index (χ1n) is 9.65. The number of halogens is 3. The maximum Gasteiger partial charge on any atom is 0.251 e. The quantitative estimate of drug-likeness (QED) is 0.389. The maximum absolute atomic E-state index is 13.9. The molecular weight excluding hydrogens is 521 g/mol. The number of rotatable bonds is 8. The largest absolute Gasteiger partial charge is 0.342 e. The fourth-order valence-electron chi connectivity index (χ4n) is 2.88. The molecule has 3 aromatic rings. The van der Waals surface area contributed by atoms with Gasteiger partial charge in [-0.3, -0.25) is 9.59 Å². The Bertz CT molecular complexity index is 1130. The first-order valence-corrected chi connectivity index (χ1v) is 11.8. The fraction of sp³-hybridized carbons (Fsp3) is 0.238. The van der Waals surface area contributed by atoms with Gasteiger partial charge in [-0.2, -0.15) is 0 Å². The van der Waals surface area contributed by atoms with Crippen molar-refractivity contribution in [2.75, 3.05) is 11.1 Å². The molecule has 0 aliphatic heterocycles. The van der Waals surface area contributed by atoms with Gasteiger partial charge in [-0.25, -0.2) is 4.39 Å². The zero-order chi connectivity index (χ0) is 23.3. The van der Waals surface area contributed by atoms with Crippen molar-refractivity contribution in [3.63, 3.8) is 0 Å². The number of carbonyl (C=O) groups excluding carboxylic acids is 2. The summed E-state index contributed by atoms with van der Waals surface area (Å²) in [5.41, 5.74) is 0.588. The summed E-state index contributed by atoms with van der Waals surface area (Å²) < 4.78 is 16.3. The van der Waals surface area contributed by atoms with Crippen LogP contribution in [0.2, 0.25) is 5.02 Å². The van der Waals surface area contributed by atoms with Gasteiger partial charge in [0.15, 0.2) is 11.0 Å². The SMILES string of the molecule is CCn1c(SCC(=O)Nc2ccc(Br)cc2F)nnc1[C@@H](C)NC(=O)c1ccc(Cl)cc1. The van der Waals surface area contributed by atoms with Crippen molar-refractivity contribution in [3.8, 4) is 0 Å². The molecule has 3 rings (SSSR count). The van der Waals surface area contributed by atoms with Crippen LogP contribution in [-0.2, 0) is 11.3 Å². The molecule has 0 saturated heterocycles. The predicted molar refractivity (Wildman–Crippen MR) is 126 cm³/mol. The van der Waals surface area contributed by atoms with Crippen LogP contribution in [-0.4, -0.2) is 32.3 Å². The molecule has 0 fully saturated rings. The number of aromatic nitrogens is 3. The van der Waals surface area contributed by atoms with E-state index in [1.807, 2.05) is 18.4 Å². The molecule has 0 bridgehead atoms. The van der Waals surface area contributed by atoms with Crippen molar-refractivity contribution in [3.05, 3.63) is 69.2 Å². The lowest BCUT2D eigenvalue weighted by Gasteiger charge is -2.15. The van der Waals surface area contributed by atoms with Crippen LogP contribution in [0.5, 0.6) is 0 Å². The third-order valence-electron chi connectivity index (χ3n) is 4.44. The number of hydrogen-bond acceptors (Lipinski definition) is 5. The van der Waals surface area contributed by atoms with Crippen molar-refractivity contribution in [1.82, 2.24) is 20.1 Å². The van der Waals surface area contributed by atoms with Gasteiger partial charge in [0.25, 0.3) is 5.91 Å². The molecule has 0 aliphatic rings. The summed E-state index contributed by atoms with van der Waals surface area (Å²) in [6, 6.07) is 10.6. The second-order valence-corrected chi connectivity index (χ2v) is 9.04. The summed E-state index contributed by atoms with van der Waals surface area (Å²) in [6.45, 7) is 4.28. The van der Waals surface area contributed by atoms with E-state index in [0.717, 1.165) is 0 Å². The molecule has 32 heavy (non-hydrogen) atoms. The highest BCUT2D eigenvalue weighted by molar-refractivity contribution is 9.10. The van der Waals surface area contributed by atoms with Crippen molar-refractivity contribution >= 4 is 56.8 Å². The third kappa shape index (κ3) is 6.08. The summed E-state index contributed by atoms with van der Waals surface area (Å²) in [5, 5.41) is 14.9. The number of nitrogens with zero attached hydrogens (tertiary/aromatic N) is 3. The molecule has 168 valence electrons. The zero-order valence-corrected chi connectivity index (χ0v) is 20.4. The number of anilines is 1. The Morgan fingerprint density at radius 3 is 2.59 bits per heavy atom. The topological polar surface area (TPSA) is 88.9 Å². The van der Waals surface area contributed by atoms with Crippen molar-refractivity contribution in [2.24, 2.45) is 0 Å². The predicted octanol–water partition coefficient (Wildman–Crippen LogP) is 5.07.